The fourth-order valence-corrected chi connectivity index (χ4v) is 4.17. The number of amides is 2. The van der Waals surface area contributed by atoms with Gasteiger partial charge in [-0.25, -0.2) is 4.79 Å². The molecule has 34 heavy (non-hydrogen) atoms. The summed E-state index contributed by atoms with van der Waals surface area (Å²) in [5, 5.41) is 8.90. The Kier molecular flexibility index (Phi) is 6.22. The van der Waals surface area contributed by atoms with E-state index in [1.165, 1.54) is 0 Å². The van der Waals surface area contributed by atoms with Crippen LogP contribution in [0.1, 0.15) is 26.7 Å². The van der Waals surface area contributed by atoms with Gasteiger partial charge in [-0.2, -0.15) is 15.0 Å². The van der Waals surface area contributed by atoms with Gasteiger partial charge >= 0.3 is 6.03 Å². The second-order valence-corrected chi connectivity index (χ2v) is 8.84. The summed E-state index contributed by atoms with van der Waals surface area (Å²) in [6, 6.07) is 10.8. The molecule has 176 valence electrons. The molecule has 1 aromatic carbocycles. The van der Waals surface area contributed by atoms with Gasteiger partial charge in [0.15, 0.2) is 5.82 Å². The number of hydrogen-bond donors (Lipinski definition) is 3. The molecule has 3 aromatic rings. The molecule has 10 heteroatoms. The van der Waals surface area contributed by atoms with E-state index in [4.69, 9.17) is 9.72 Å². The summed E-state index contributed by atoms with van der Waals surface area (Å²) in [5.74, 6) is 1.79. The Morgan fingerprint density at radius 2 is 1.59 bits per heavy atom. The van der Waals surface area contributed by atoms with Crippen molar-refractivity contribution in [2.75, 3.05) is 33.9 Å². The average molecular weight is 461 g/mol. The molecule has 2 amide bonds. The highest BCUT2D eigenvalue weighted by Gasteiger charge is 2.35. The van der Waals surface area contributed by atoms with E-state index < -0.39 is 0 Å². The Balaban J connectivity index is 1.34. The maximum Gasteiger partial charge on any atom is 0.323 e. The minimum absolute atomic E-state index is 0.189. The highest BCUT2D eigenvalue weighted by Crippen LogP contribution is 2.29. The molecule has 5 rings (SSSR count). The summed E-state index contributed by atoms with van der Waals surface area (Å²) in [7, 11) is 0. The van der Waals surface area contributed by atoms with Crippen molar-refractivity contribution < 1.29 is 9.53 Å². The van der Waals surface area contributed by atoms with Crippen molar-refractivity contribution in [2.24, 2.45) is 0 Å². The normalized spacial score (nSPS) is 19.2. The quantitative estimate of drug-likeness (QED) is 0.509. The van der Waals surface area contributed by atoms with Gasteiger partial charge < -0.3 is 25.6 Å². The summed E-state index contributed by atoms with van der Waals surface area (Å²) in [6.07, 6.45) is 5.89. The molecule has 2 aliphatic heterocycles. The molecule has 2 fully saturated rings. The molecule has 2 unspecified atom stereocenters. The van der Waals surface area contributed by atoms with Crippen LogP contribution in [0.25, 0.3) is 11.4 Å². The van der Waals surface area contributed by atoms with Crippen LogP contribution >= 0.6 is 0 Å². The first kappa shape index (κ1) is 22.0. The first-order chi connectivity index (χ1) is 16.5. The van der Waals surface area contributed by atoms with E-state index in [1.54, 1.807) is 24.5 Å². The standard InChI is InChI=1S/C24H28N8O2/c1-15(2)26-22-29-21(30-23(31-22)32-13-19-7-8-20(14-32)34-19)16-3-5-17(6-4-16)27-24(33)28-18-9-11-25-12-10-18/h3-6,9-12,15,19-20H,7-8,13-14H2,1-2H3,(H2,25,27,28,33)(H,26,29,30,31). The predicted octanol–water partition coefficient (Wildman–Crippen LogP) is 3.77. The van der Waals surface area contributed by atoms with Crippen LogP contribution in [-0.2, 0) is 4.74 Å². The van der Waals surface area contributed by atoms with Crippen molar-refractivity contribution in [1.29, 1.82) is 0 Å². The monoisotopic (exact) mass is 460 g/mol. The highest BCUT2D eigenvalue weighted by molar-refractivity contribution is 5.99. The summed E-state index contributed by atoms with van der Waals surface area (Å²) in [5.41, 5.74) is 2.17. The van der Waals surface area contributed by atoms with Gasteiger partial charge in [-0.1, -0.05) is 0 Å². The number of ether oxygens (including phenoxy) is 1. The summed E-state index contributed by atoms with van der Waals surface area (Å²) >= 11 is 0. The van der Waals surface area contributed by atoms with Gasteiger partial charge in [-0.3, -0.25) is 4.98 Å². The number of fused-ring (bicyclic) bond motifs is 2. The number of carbonyl (C=O) groups is 1. The van der Waals surface area contributed by atoms with Gasteiger partial charge in [0.25, 0.3) is 0 Å². The fraction of sp³-hybridized carbons (Fsp3) is 0.375. The topological polar surface area (TPSA) is 117 Å². The number of nitrogens with one attached hydrogen (secondary N) is 3. The summed E-state index contributed by atoms with van der Waals surface area (Å²) < 4.78 is 5.97. The lowest BCUT2D eigenvalue weighted by atomic mass is 10.2. The predicted molar refractivity (Wildman–Crippen MR) is 131 cm³/mol. The van der Waals surface area contributed by atoms with E-state index in [1.807, 2.05) is 24.3 Å². The van der Waals surface area contributed by atoms with Crippen molar-refractivity contribution in [1.82, 2.24) is 19.9 Å². The molecule has 2 saturated heterocycles. The third-order valence-corrected chi connectivity index (χ3v) is 5.71. The zero-order valence-corrected chi connectivity index (χ0v) is 19.2. The van der Waals surface area contributed by atoms with E-state index >= 15 is 0 Å². The number of urea groups is 1. The van der Waals surface area contributed by atoms with Crippen LogP contribution in [0, 0.1) is 0 Å². The highest BCUT2D eigenvalue weighted by atomic mass is 16.5. The van der Waals surface area contributed by atoms with Crippen LogP contribution in [0.3, 0.4) is 0 Å². The number of nitrogens with zero attached hydrogens (tertiary/aromatic N) is 5. The maximum atomic E-state index is 12.3. The summed E-state index contributed by atoms with van der Waals surface area (Å²) in [6.45, 7) is 5.68. The average Bonchev–Trinajstić information content (AvgIpc) is 3.16. The van der Waals surface area contributed by atoms with E-state index in [0.717, 1.165) is 31.5 Å². The molecule has 2 atom stereocenters. The van der Waals surface area contributed by atoms with Gasteiger partial charge in [0.2, 0.25) is 11.9 Å². The fourth-order valence-electron chi connectivity index (χ4n) is 4.17. The lowest BCUT2D eigenvalue weighted by Crippen LogP contribution is -2.43. The number of anilines is 4. The Hall–Kier alpha value is -3.79. The van der Waals surface area contributed by atoms with E-state index in [2.05, 4.69) is 49.6 Å². The lowest BCUT2D eigenvalue weighted by Gasteiger charge is -2.32. The number of benzene rings is 1. The molecule has 0 spiro atoms. The molecule has 2 bridgehead atoms. The van der Waals surface area contributed by atoms with Crippen molar-refractivity contribution >= 4 is 29.3 Å². The molecule has 3 N–H and O–H groups in total. The van der Waals surface area contributed by atoms with Crippen LogP contribution in [-0.4, -0.2) is 57.3 Å². The van der Waals surface area contributed by atoms with Crippen molar-refractivity contribution in [3.8, 4) is 11.4 Å². The molecule has 0 saturated carbocycles. The second kappa shape index (κ2) is 9.60. The molecule has 4 heterocycles. The molecule has 2 aliphatic rings. The Morgan fingerprint density at radius 1 is 0.941 bits per heavy atom. The first-order valence-electron chi connectivity index (χ1n) is 11.5. The zero-order chi connectivity index (χ0) is 23.5. The third-order valence-electron chi connectivity index (χ3n) is 5.71. The first-order valence-corrected chi connectivity index (χ1v) is 11.5. The number of aromatic nitrogens is 4. The van der Waals surface area contributed by atoms with Gasteiger partial charge in [0.1, 0.15) is 0 Å². The van der Waals surface area contributed by atoms with Gasteiger partial charge in [0.05, 0.1) is 12.2 Å². The van der Waals surface area contributed by atoms with Crippen molar-refractivity contribution in [2.45, 2.75) is 44.9 Å². The van der Waals surface area contributed by atoms with Gasteiger partial charge in [-0.15, -0.1) is 0 Å². The Labute approximate surface area is 198 Å². The molecule has 0 radical (unpaired) electrons. The number of carbonyl (C=O) groups excluding carboxylic acids is 1. The van der Waals surface area contributed by atoms with Crippen molar-refractivity contribution in [3.63, 3.8) is 0 Å². The molecular formula is C24H28N8O2. The minimum Gasteiger partial charge on any atom is -0.371 e. The van der Waals surface area contributed by atoms with E-state index in [-0.39, 0.29) is 24.3 Å². The Bertz CT molecular complexity index is 1130. The number of morpholine rings is 1. The van der Waals surface area contributed by atoms with Crippen LogP contribution < -0.4 is 20.9 Å². The largest absolute Gasteiger partial charge is 0.371 e. The number of pyridine rings is 1. The number of hydrogen-bond acceptors (Lipinski definition) is 8. The van der Waals surface area contributed by atoms with Gasteiger partial charge in [-0.05, 0) is 63.1 Å². The van der Waals surface area contributed by atoms with Gasteiger partial charge in [0, 0.05) is 48.5 Å². The Morgan fingerprint density at radius 3 is 2.24 bits per heavy atom. The maximum absolute atomic E-state index is 12.3. The lowest BCUT2D eigenvalue weighted by molar-refractivity contribution is 0.0299. The molecular weight excluding hydrogens is 432 g/mol. The van der Waals surface area contributed by atoms with Crippen LogP contribution in [0.4, 0.5) is 28.1 Å². The third kappa shape index (κ3) is 5.23. The molecule has 2 aromatic heterocycles. The number of rotatable bonds is 6. The van der Waals surface area contributed by atoms with Crippen LogP contribution in [0.2, 0.25) is 0 Å². The zero-order valence-electron chi connectivity index (χ0n) is 19.2. The van der Waals surface area contributed by atoms with Crippen molar-refractivity contribution in [3.05, 3.63) is 48.8 Å². The van der Waals surface area contributed by atoms with Crippen LogP contribution in [0.15, 0.2) is 48.8 Å². The van der Waals surface area contributed by atoms with E-state index in [9.17, 15) is 4.79 Å². The SMILES string of the molecule is CC(C)Nc1nc(-c2ccc(NC(=O)Nc3ccncc3)cc2)nc(N2CC3CCC(C2)O3)n1. The van der Waals surface area contributed by atoms with E-state index in [0.29, 0.717) is 29.1 Å². The summed E-state index contributed by atoms with van der Waals surface area (Å²) in [4.78, 5) is 32.5. The minimum atomic E-state index is -0.327. The van der Waals surface area contributed by atoms with Crippen LogP contribution in [0.5, 0.6) is 0 Å². The second-order valence-electron chi connectivity index (χ2n) is 8.84. The molecule has 0 aliphatic carbocycles. The molecule has 10 nitrogen and oxygen atoms in total. The smallest absolute Gasteiger partial charge is 0.323 e.